The van der Waals surface area contributed by atoms with Crippen LogP contribution in [0, 0.1) is 0 Å². The van der Waals surface area contributed by atoms with Gasteiger partial charge in [-0.05, 0) is 6.92 Å². The van der Waals surface area contributed by atoms with Crippen molar-refractivity contribution in [2.75, 3.05) is 28.2 Å². The molecule has 0 aliphatic carbocycles. The molecule has 0 bridgehead atoms. The summed E-state index contributed by atoms with van der Waals surface area (Å²) in [4.78, 5) is 30.8. The van der Waals surface area contributed by atoms with Crippen LogP contribution in [0.25, 0.3) is 0 Å². The maximum Gasteiger partial charge on any atom is 0.274 e. The lowest BCUT2D eigenvalue weighted by Crippen LogP contribution is -2.30. The summed E-state index contributed by atoms with van der Waals surface area (Å²) in [5.41, 5.74) is 0.548. The number of hydrogen-bond donors (Lipinski definition) is 0. The Bertz CT molecular complexity index is 435. The molecule has 0 fully saturated rings. The molecule has 94 valence electrons. The van der Waals surface area contributed by atoms with E-state index < -0.39 is 0 Å². The number of aryl methyl sites for hydroxylation is 1. The van der Waals surface area contributed by atoms with Crippen LogP contribution in [-0.4, -0.2) is 59.4 Å². The van der Waals surface area contributed by atoms with E-state index in [0.717, 1.165) is 0 Å². The fraction of sp³-hybridized carbons (Fsp3) is 0.545. The van der Waals surface area contributed by atoms with Crippen LogP contribution in [0.2, 0.25) is 0 Å². The zero-order valence-corrected chi connectivity index (χ0v) is 10.9. The summed E-state index contributed by atoms with van der Waals surface area (Å²) >= 11 is 0. The predicted octanol–water partition coefficient (Wildman–Crippen LogP) is 0.307. The van der Waals surface area contributed by atoms with Crippen molar-refractivity contribution in [3.63, 3.8) is 0 Å². The maximum absolute atomic E-state index is 12.0. The molecule has 0 saturated carbocycles. The minimum absolute atomic E-state index is 0.204. The van der Waals surface area contributed by atoms with Crippen LogP contribution in [-0.2, 0) is 6.54 Å². The molecule has 0 aromatic carbocycles. The second-order valence-electron chi connectivity index (χ2n) is 4.13. The first-order valence-electron chi connectivity index (χ1n) is 5.38. The van der Waals surface area contributed by atoms with Gasteiger partial charge in [-0.3, -0.25) is 9.59 Å². The topological polar surface area (TPSA) is 58.4 Å². The average molecular weight is 238 g/mol. The van der Waals surface area contributed by atoms with Gasteiger partial charge in [-0.1, -0.05) is 0 Å². The van der Waals surface area contributed by atoms with Crippen LogP contribution in [0.4, 0.5) is 0 Å². The highest BCUT2D eigenvalue weighted by Crippen LogP contribution is 2.11. The molecule has 1 aromatic rings. The van der Waals surface area contributed by atoms with E-state index in [1.165, 1.54) is 16.1 Å². The number of aromatic nitrogens is 2. The van der Waals surface area contributed by atoms with Crippen LogP contribution in [0.3, 0.4) is 0 Å². The van der Waals surface area contributed by atoms with Gasteiger partial charge in [-0.15, -0.1) is 0 Å². The van der Waals surface area contributed by atoms with Gasteiger partial charge < -0.3 is 14.4 Å². The zero-order valence-electron chi connectivity index (χ0n) is 10.9. The smallest absolute Gasteiger partial charge is 0.274 e. The van der Waals surface area contributed by atoms with Gasteiger partial charge in [0, 0.05) is 34.7 Å². The molecule has 0 radical (unpaired) electrons. The Hall–Kier alpha value is -1.85. The third kappa shape index (κ3) is 2.46. The lowest BCUT2D eigenvalue weighted by Gasteiger charge is -2.14. The molecule has 0 aliphatic heterocycles. The van der Waals surface area contributed by atoms with Gasteiger partial charge in [0.25, 0.3) is 11.8 Å². The Morgan fingerprint density at radius 1 is 1.18 bits per heavy atom. The second-order valence-corrected chi connectivity index (χ2v) is 4.13. The first kappa shape index (κ1) is 13.2. The summed E-state index contributed by atoms with van der Waals surface area (Å²) in [5.74, 6) is -0.475. The van der Waals surface area contributed by atoms with Crippen molar-refractivity contribution >= 4 is 11.8 Å². The fourth-order valence-corrected chi connectivity index (χ4v) is 1.43. The van der Waals surface area contributed by atoms with Crippen molar-refractivity contribution in [2.45, 2.75) is 13.5 Å². The summed E-state index contributed by atoms with van der Waals surface area (Å²) in [6.45, 7) is 2.50. The van der Waals surface area contributed by atoms with Crippen molar-refractivity contribution in [1.29, 1.82) is 0 Å². The highest BCUT2D eigenvalue weighted by atomic mass is 16.2. The first-order chi connectivity index (χ1) is 7.90. The largest absolute Gasteiger partial charge is 0.343 e. The summed E-state index contributed by atoms with van der Waals surface area (Å²) in [6, 6.07) is 0. The third-order valence-electron chi connectivity index (χ3n) is 2.40. The molecule has 0 saturated heterocycles. The molecule has 0 N–H and O–H groups in total. The lowest BCUT2D eigenvalue weighted by atomic mass is 10.2. The van der Waals surface area contributed by atoms with Gasteiger partial charge >= 0.3 is 0 Å². The summed E-state index contributed by atoms with van der Waals surface area (Å²) in [6.07, 6.45) is 1.52. The monoisotopic (exact) mass is 238 g/mol. The average Bonchev–Trinajstić information content (AvgIpc) is 2.69. The van der Waals surface area contributed by atoms with Gasteiger partial charge in [0.15, 0.2) is 5.69 Å². The normalized spacial score (nSPS) is 10.2. The van der Waals surface area contributed by atoms with E-state index in [4.69, 9.17) is 0 Å². The molecule has 2 amide bonds. The van der Waals surface area contributed by atoms with E-state index in [1.54, 1.807) is 32.8 Å². The molecule has 1 heterocycles. The standard InChI is InChI=1S/C11H18N4O2/c1-6-15-7-12-8(10(16)13(2)3)9(15)11(17)14(4)5/h7H,6H2,1-5H3. The maximum atomic E-state index is 12.0. The van der Waals surface area contributed by atoms with E-state index in [9.17, 15) is 9.59 Å². The first-order valence-corrected chi connectivity index (χ1v) is 5.38. The number of nitrogens with zero attached hydrogens (tertiary/aromatic N) is 4. The summed E-state index contributed by atoms with van der Waals surface area (Å²) in [7, 11) is 6.58. The van der Waals surface area contributed by atoms with E-state index in [2.05, 4.69) is 4.98 Å². The van der Waals surface area contributed by atoms with Gasteiger partial charge in [0.1, 0.15) is 5.69 Å². The Labute approximate surface area is 101 Å². The molecular weight excluding hydrogens is 220 g/mol. The summed E-state index contributed by atoms with van der Waals surface area (Å²) < 4.78 is 1.68. The molecule has 0 atom stereocenters. The van der Waals surface area contributed by atoms with Gasteiger partial charge in [0.05, 0.1) is 6.33 Å². The molecule has 17 heavy (non-hydrogen) atoms. The predicted molar refractivity (Wildman–Crippen MR) is 63.9 cm³/mol. The third-order valence-corrected chi connectivity index (χ3v) is 2.40. The number of hydrogen-bond acceptors (Lipinski definition) is 3. The number of carbonyl (C=O) groups is 2. The van der Waals surface area contributed by atoms with Crippen LogP contribution in [0.1, 0.15) is 27.9 Å². The van der Waals surface area contributed by atoms with E-state index in [-0.39, 0.29) is 17.5 Å². The highest BCUT2D eigenvalue weighted by molar-refractivity contribution is 6.04. The van der Waals surface area contributed by atoms with E-state index in [1.807, 2.05) is 6.92 Å². The highest BCUT2D eigenvalue weighted by Gasteiger charge is 2.25. The molecule has 0 spiro atoms. The van der Waals surface area contributed by atoms with Gasteiger partial charge in [0.2, 0.25) is 0 Å². The number of rotatable bonds is 3. The second kappa shape index (κ2) is 4.99. The fourth-order valence-electron chi connectivity index (χ4n) is 1.43. The van der Waals surface area contributed by atoms with Crippen molar-refractivity contribution in [2.24, 2.45) is 0 Å². The Morgan fingerprint density at radius 3 is 2.12 bits per heavy atom. The van der Waals surface area contributed by atoms with Crippen LogP contribution < -0.4 is 0 Å². The molecular formula is C11H18N4O2. The molecule has 1 rings (SSSR count). The molecule has 1 aromatic heterocycles. The van der Waals surface area contributed by atoms with Gasteiger partial charge in [-0.25, -0.2) is 4.98 Å². The van der Waals surface area contributed by atoms with Crippen LogP contribution in [0.15, 0.2) is 6.33 Å². The molecule has 6 nitrogen and oxygen atoms in total. The van der Waals surface area contributed by atoms with E-state index >= 15 is 0 Å². The Balaban J connectivity index is 3.29. The number of amides is 2. The molecule has 0 unspecified atom stereocenters. The minimum Gasteiger partial charge on any atom is -0.343 e. The van der Waals surface area contributed by atoms with Crippen molar-refractivity contribution in [1.82, 2.24) is 19.4 Å². The van der Waals surface area contributed by atoms with Gasteiger partial charge in [-0.2, -0.15) is 0 Å². The lowest BCUT2D eigenvalue weighted by molar-refractivity contribution is 0.0780. The van der Waals surface area contributed by atoms with E-state index in [0.29, 0.717) is 12.2 Å². The van der Waals surface area contributed by atoms with Crippen molar-refractivity contribution < 1.29 is 9.59 Å². The SMILES string of the molecule is CCn1cnc(C(=O)N(C)C)c1C(=O)N(C)C. The van der Waals surface area contributed by atoms with Crippen molar-refractivity contribution in [3.8, 4) is 0 Å². The minimum atomic E-state index is -0.262. The molecule has 6 heteroatoms. The quantitative estimate of drug-likeness (QED) is 0.761. The number of carbonyl (C=O) groups excluding carboxylic acids is 2. The summed E-state index contributed by atoms with van der Waals surface area (Å²) in [5, 5.41) is 0. The van der Waals surface area contributed by atoms with Crippen LogP contribution >= 0.6 is 0 Å². The Kier molecular flexibility index (Phi) is 3.88. The van der Waals surface area contributed by atoms with Crippen LogP contribution in [0.5, 0.6) is 0 Å². The molecule has 0 aliphatic rings. The zero-order chi connectivity index (χ0) is 13.2. The Morgan fingerprint density at radius 2 is 1.71 bits per heavy atom. The number of imidazole rings is 1. The van der Waals surface area contributed by atoms with Crippen molar-refractivity contribution in [3.05, 3.63) is 17.7 Å².